The zero-order chi connectivity index (χ0) is 12.9. The summed E-state index contributed by atoms with van der Waals surface area (Å²) < 4.78 is 11.3. The Morgan fingerprint density at radius 1 is 1.11 bits per heavy atom. The molecule has 94 valence electrons. The molecule has 2 heterocycles. The van der Waals surface area contributed by atoms with Crippen LogP contribution < -0.4 is 5.48 Å². The molecule has 1 aromatic carbocycles. The second kappa shape index (κ2) is 4.02. The molecule has 3 rings (SSSR count). The monoisotopic (exact) mass is 265 g/mol. The van der Waals surface area contributed by atoms with Crippen molar-refractivity contribution in [2.45, 2.75) is 20.4 Å². The first kappa shape index (κ1) is 11.6. The van der Waals surface area contributed by atoms with Crippen LogP contribution in [0.4, 0.5) is 0 Å². The Labute approximate surface area is 108 Å². The maximum Gasteiger partial charge on any atom is 0.154 e. The van der Waals surface area contributed by atoms with E-state index in [1.165, 1.54) is 0 Å². The van der Waals surface area contributed by atoms with Crippen LogP contribution in [-0.4, -0.2) is 5.21 Å². The van der Waals surface area contributed by atoms with Gasteiger partial charge in [0.05, 0.1) is 11.6 Å². The highest BCUT2D eigenvalue weighted by atomic mass is 35.5. The Morgan fingerprint density at radius 2 is 1.72 bits per heavy atom. The molecule has 0 saturated heterocycles. The molecule has 0 aliphatic heterocycles. The van der Waals surface area contributed by atoms with E-state index < -0.39 is 0 Å². The first-order valence-corrected chi connectivity index (χ1v) is 5.97. The number of hydrogen-bond donors (Lipinski definition) is 2. The zero-order valence-electron chi connectivity index (χ0n) is 10.0. The van der Waals surface area contributed by atoms with Crippen molar-refractivity contribution in [2.24, 2.45) is 0 Å². The van der Waals surface area contributed by atoms with Crippen LogP contribution in [0.5, 0.6) is 0 Å². The number of benzene rings is 1. The van der Waals surface area contributed by atoms with Gasteiger partial charge in [0.25, 0.3) is 0 Å². The fourth-order valence-electron chi connectivity index (χ4n) is 2.30. The number of halogens is 1. The number of nitrogens with one attached hydrogen (secondary N) is 1. The van der Waals surface area contributed by atoms with E-state index >= 15 is 0 Å². The molecule has 0 fully saturated rings. The summed E-state index contributed by atoms with van der Waals surface area (Å²) in [5.74, 6) is 1.55. The molecule has 0 atom stereocenters. The normalized spacial score (nSPS) is 11.8. The molecule has 0 aliphatic rings. The molecular formula is C13H12ClNO3. The fourth-order valence-corrected chi connectivity index (χ4v) is 2.58. The Balaban J connectivity index is 2.51. The Hall–Kier alpha value is -1.49. The van der Waals surface area contributed by atoms with Crippen LogP contribution in [0.1, 0.15) is 17.1 Å². The number of furan rings is 2. The lowest BCUT2D eigenvalue weighted by atomic mass is 10.1. The predicted octanol–water partition coefficient (Wildman–Crippen LogP) is 3.93. The number of hydrogen-bond acceptors (Lipinski definition) is 4. The van der Waals surface area contributed by atoms with Crippen LogP contribution in [0.15, 0.2) is 21.0 Å². The molecule has 0 spiro atoms. The van der Waals surface area contributed by atoms with Gasteiger partial charge in [0.15, 0.2) is 5.58 Å². The molecule has 5 heteroatoms. The number of aryl methyl sites for hydroxylation is 2. The van der Waals surface area contributed by atoms with E-state index in [-0.39, 0.29) is 6.54 Å². The highest BCUT2D eigenvalue weighted by Gasteiger charge is 2.19. The van der Waals surface area contributed by atoms with Gasteiger partial charge in [-0.05, 0) is 26.0 Å². The van der Waals surface area contributed by atoms with Crippen LogP contribution in [-0.2, 0) is 6.54 Å². The van der Waals surface area contributed by atoms with Crippen LogP contribution in [0.2, 0.25) is 5.02 Å². The maximum atomic E-state index is 8.97. The maximum absolute atomic E-state index is 8.97. The summed E-state index contributed by atoms with van der Waals surface area (Å²) >= 11 is 6.34. The Morgan fingerprint density at radius 3 is 2.39 bits per heavy atom. The van der Waals surface area contributed by atoms with Crippen molar-refractivity contribution in [2.75, 3.05) is 0 Å². The smallest absolute Gasteiger partial charge is 0.154 e. The fraction of sp³-hybridized carbons (Fsp3) is 0.231. The highest BCUT2D eigenvalue weighted by Crippen LogP contribution is 2.39. The first-order valence-electron chi connectivity index (χ1n) is 5.59. The van der Waals surface area contributed by atoms with Gasteiger partial charge in [0, 0.05) is 16.3 Å². The van der Waals surface area contributed by atoms with E-state index in [9.17, 15) is 0 Å². The molecule has 3 aromatic rings. The van der Waals surface area contributed by atoms with Gasteiger partial charge < -0.3 is 14.0 Å². The molecule has 0 amide bonds. The summed E-state index contributed by atoms with van der Waals surface area (Å²) in [6.45, 7) is 4.00. The molecule has 0 saturated carbocycles. The van der Waals surface area contributed by atoms with Crippen LogP contribution >= 0.6 is 11.6 Å². The Bertz CT molecular complexity index is 684. The SMILES string of the molecule is Cc1cc2c(CNO)c3oc(C)cc3c(Cl)c2o1. The summed E-state index contributed by atoms with van der Waals surface area (Å²) in [6.07, 6.45) is 0. The highest BCUT2D eigenvalue weighted by molar-refractivity contribution is 6.40. The first-order chi connectivity index (χ1) is 8.61. The molecular weight excluding hydrogens is 254 g/mol. The third-order valence-corrected chi connectivity index (χ3v) is 3.38. The average molecular weight is 266 g/mol. The zero-order valence-corrected chi connectivity index (χ0v) is 10.8. The van der Waals surface area contributed by atoms with Gasteiger partial charge in [-0.1, -0.05) is 11.6 Å². The van der Waals surface area contributed by atoms with Crippen molar-refractivity contribution in [3.05, 3.63) is 34.2 Å². The minimum absolute atomic E-state index is 0.274. The van der Waals surface area contributed by atoms with Crippen molar-refractivity contribution in [1.82, 2.24) is 5.48 Å². The van der Waals surface area contributed by atoms with Crippen LogP contribution in [0.25, 0.3) is 21.9 Å². The van der Waals surface area contributed by atoms with Crippen molar-refractivity contribution in [3.63, 3.8) is 0 Å². The summed E-state index contributed by atoms with van der Waals surface area (Å²) in [7, 11) is 0. The summed E-state index contributed by atoms with van der Waals surface area (Å²) in [5.41, 5.74) is 4.33. The van der Waals surface area contributed by atoms with Gasteiger partial charge >= 0.3 is 0 Å². The van der Waals surface area contributed by atoms with Crippen molar-refractivity contribution in [1.29, 1.82) is 0 Å². The van der Waals surface area contributed by atoms with Gasteiger partial charge in [0.1, 0.15) is 17.1 Å². The van der Waals surface area contributed by atoms with Gasteiger partial charge in [-0.25, -0.2) is 5.48 Å². The standard InChI is InChI=1S/C13H12ClNO3/c1-6-3-8-10(5-15-16)12-9(4-7(2)17-12)11(14)13(8)18-6/h3-4,15-16H,5H2,1-2H3. The number of fused-ring (bicyclic) bond motifs is 2. The van der Waals surface area contributed by atoms with E-state index in [1.807, 2.05) is 26.0 Å². The third kappa shape index (κ3) is 1.54. The summed E-state index contributed by atoms with van der Waals surface area (Å²) in [6, 6.07) is 3.76. The number of rotatable bonds is 2. The van der Waals surface area contributed by atoms with Gasteiger partial charge in [0.2, 0.25) is 0 Å². The lowest BCUT2D eigenvalue weighted by molar-refractivity contribution is 0.161. The number of hydroxylamine groups is 1. The second-order valence-electron chi connectivity index (χ2n) is 4.33. The average Bonchev–Trinajstić information content (AvgIpc) is 2.88. The molecule has 0 unspecified atom stereocenters. The molecule has 4 nitrogen and oxygen atoms in total. The summed E-state index contributed by atoms with van der Waals surface area (Å²) in [5, 5.41) is 11.2. The second-order valence-corrected chi connectivity index (χ2v) is 4.71. The lowest BCUT2D eigenvalue weighted by Gasteiger charge is -2.04. The van der Waals surface area contributed by atoms with Gasteiger partial charge in [-0.3, -0.25) is 0 Å². The van der Waals surface area contributed by atoms with E-state index in [2.05, 4.69) is 5.48 Å². The largest absolute Gasteiger partial charge is 0.461 e. The molecule has 0 radical (unpaired) electrons. The Kier molecular flexibility index (Phi) is 2.59. The van der Waals surface area contributed by atoms with E-state index in [1.54, 1.807) is 0 Å². The molecule has 0 aliphatic carbocycles. The van der Waals surface area contributed by atoms with E-state index in [0.717, 1.165) is 27.9 Å². The van der Waals surface area contributed by atoms with Crippen molar-refractivity contribution in [3.8, 4) is 0 Å². The quantitative estimate of drug-likeness (QED) is 0.689. The third-order valence-electron chi connectivity index (χ3n) is 3.00. The summed E-state index contributed by atoms with van der Waals surface area (Å²) in [4.78, 5) is 0. The minimum Gasteiger partial charge on any atom is -0.461 e. The van der Waals surface area contributed by atoms with Gasteiger partial charge in [-0.2, -0.15) is 0 Å². The molecule has 2 aromatic heterocycles. The van der Waals surface area contributed by atoms with Gasteiger partial charge in [-0.15, -0.1) is 0 Å². The molecule has 2 N–H and O–H groups in total. The van der Waals surface area contributed by atoms with Crippen LogP contribution in [0, 0.1) is 13.8 Å². The predicted molar refractivity (Wildman–Crippen MR) is 69.1 cm³/mol. The minimum atomic E-state index is 0.274. The van der Waals surface area contributed by atoms with Crippen molar-refractivity contribution < 1.29 is 14.0 Å². The van der Waals surface area contributed by atoms with Crippen LogP contribution in [0.3, 0.4) is 0 Å². The topological polar surface area (TPSA) is 58.5 Å². The molecule has 18 heavy (non-hydrogen) atoms. The molecule has 0 bridgehead atoms. The van der Waals surface area contributed by atoms with E-state index in [0.29, 0.717) is 16.2 Å². The lowest BCUT2D eigenvalue weighted by Crippen LogP contribution is -2.06. The van der Waals surface area contributed by atoms with Crippen molar-refractivity contribution >= 4 is 33.5 Å². The van der Waals surface area contributed by atoms with E-state index in [4.69, 9.17) is 25.6 Å².